The van der Waals surface area contributed by atoms with Crippen molar-refractivity contribution in [3.05, 3.63) is 0 Å². The Morgan fingerprint density at radius 1 is 0.258 bits per heavy atom. The molecule has 19 heteroatoms. The van der Waals surface area contributed by atoms with Gasteiger partial charge in [-0.2, -0.15) is 0 Å². The first-order valence-corrected chi connectivity index (χ1v) is 43.2. The molecule has 0 bridgehead atoms. The van der Waals surface area contributed by atoms with Crippen LogP contribution in [0.25, 0.3) is 0 Å². The second kappa shape index (κ2) is 67.2. The summed E-state index contributed by atoms with van der Waals surface area (Å²) in [6.45, 7) is 14.1. The maximum atomic E-state index is 13.1. The highest BCUT2D eigenvalue weighted by Crippen LogP contribution is 2.45. The summed E-state index contributed by atoms with van der Waals surface area (Å²) in [5.41, 5.74) is 0. The molecule has 0 rings (SSSR count). The average molecular weight is 1420 g/mol. The number of carbonyl (C=O) groups excluding carboxylic acids is 4. The molecule has 0 spiro atoms. The van der Waals surface area contributed by atoms with E-state index >= 15 is 0 Å². The zero-order chi connectivity index (χ0) is 71.7. The van der Waals surface area contributed by atoms with E-state index in [1.807, 2.05) is 0 Å². The Hall–Kier alpha value is -1.94. The summed E-state index contributed by atoms with van der Waals surface area (Å²) in [6.07, 6.45) is 53.3. The Bertz CT molecular complexity index is 1900. The van der Waals surface area contributed by atoms with Crippen LogP contribution < -0.4 is 0 Å². The van der Waals surface area contributed by atoms with Gasteiger partial charge in [-0.15, -0.1) is 0 Å². The number of ether oxygens (including phenoxy) is 4. The fraction of sp³-hybridized carbons (Fsp3) is 0.949. The number of rotatable bonds is 75. The summed E-state index contributed by atoms with van der Waals surface area (Å²) in [5, 5.41) is 10.6. The van der Waals surface area contributed by atoms with Gasteiger partial charge in [0.1, 0.15) is 19.3 Å². The van der Waals surface area contributed by atoms with Crippen LogP contribution in [-0.2, 0) is 65.4 Å². The topological polar surface area (TPSA) is 237 Å². The van der Waals surface area contributed by atoms with Crippen molar-refractivity contribution >= 4 is 39.5 Å². The molecule has 0 fully saturated rings. The molecule has 3 N–H and O–H groups in total. The first-order chi connectivity index (χ1) is 46.6. The largest absolute Gasteiger partial charge is 0.472 e. The number of carbonyl (C=O) groups is 4. The third-order valence-corrected chi connectivity index (χ3v) is 20.0. The number of aliphatic hydroxyl groups excluding tert-OH is 1. The lowest BCUT2D eigenvalue weighted by atomic mass is 10.0. The molecule has 0 aliphatic carbocycles. The molecule has 0 radical (unpaired) electrons. The van der Waals surface area contributed by atoms with Crippen molar-refractivity contribution in [3.8, 4) is 0 Å². The third kappa shape index (κ3) is 72.2. The number of phosphoric acid groups is 2. The minimum atomic E-state index is -4.96. The SMILES string of the molecule is CC(C)CCCCCCCCCCCCCCCCCCCCC(=O)O[C@H](COC(=O)CCCCCCCCCCCCCCCCCC(C)C)COP(=O)(O)OC[C@@H](O)COP(=O)(O)OC[C@@H](COC(=O)CCCCCCCCC(C)C)OC(=O)CCCCCCCCC(C)C. The standard InChI is InChI=1S/C78H152O17P2/c1-68(2)54-46-38-30-26-22-18-14-11-9-10-12-16-21-25-29-33-44-52-60-77(82)94-73(64-88-75(80)58-50-42-32-28-24-20-17-13-15-19-23-27-31-39-47-55-69(3)4)66-92-96(84,85)90-62-72(79)63-91-97(86,87)93-67-74(95-78(83)61-53-45-37-35-41-49-57-71(7)8)65-89-76(81)59-51-43-36-34-40-48-56-70(5)6/h68-74,79H,9-67H2,1-8H3,(H,84,85)(H,86,87)/t72-,73-,74-/m1/s1. The number of hydrogen-bond acceptors (Lipinski definition) is 15. The van der Waals surface area contributed by atoms with Gasteiger partial charge in [0.15, 0.2) is 12.2 Å². The zero-order valence-corrected chi connectivity index (χ0v) is 65.5. The van der Waals surface area contributed by atoms with Crippen molar-refractivity contribution in [1.29, 1.82) is 0 Å². The molecule has 2 unspecified atom stereocenters. The Kier molecular flexibility index (Phi) is 65.9. The summed E-state index contributed by atoms with van der Waals surface area (Å²) >= 11 is 0. The Labute approximate surface area is 594 Å². The lowest BCUT2D eigenvalue weighted by Gasteiger charge is -2.21. The van der Waals surface area contributed by atoms with E-state index < -0.39 is 97.5 Å². The van der Waals surface area contributed by atoms with Crippen LogP contribution in [0.5, 0.6) is 0 Å². The molecule has 0 aromatic rings. The molecule has 17 nitrogen and oxygen atoms in total. The van der Waals surface area contributed by atoms with Crippen LogP contribution in [0.1, 0.15) is 396 Å². The van der Waals surface area contributed by atoms with Crippen molar-refractivity contribution in [2.75, 3.05) is 39.6 Å². The molecule has 0 aliphatic heterocycles. The molecule has 0 heterocycles. The maximum absolute atomic E-state index is 13.1. The number of aliphatic hydroxyl groups is 1. The van der Waals surface area contributed by atoms with Crippen LogP contribution in [0.2, 0.25) is 0 Å². The molecule has 0 aromatic heterocycles. The average Bonchev–Trinajstić information content (AvgIpc) is 1.83. The van der Waals surface area contributed by atoms with Crippen molar-refractivity contribution in [2.45, 2.75) is 414 Å². The second-order valence-corrected chi connectivity index (χ2v) is 32.9. The maximum Gasteiger partial charge on any atom is 0.472 e. The van der Waals surface area contributed by atoms with E-state index in [-0.39, 0.29) is 25.7 Å². The Balaban J connectivity index is 5.17. The van der Waals surface area contributed by atoms with Gasteiger partial charge in [-0.05, 0) is 49.4 Å². The third-order valence-electron chi connectivity index (χ3n) is 18.1. The molecule has 97 heavy (non-hydrogen) atoms. The van der Waals surface area contributed by atoms with Crippen LogP contribution in [0.3, 0.4) is 0 Å². The van der Waals surface area contributed by atoms with Gasteiger partial charge in [0.2, 0.25) is 0 Å². The van der Waals surface area contributed by atoms with E-state index in [0.717, 1.165) is 108 Å². The van der Waals surface area contributed by atoms with Crippen LogP contribution >= 0.6 is 15.6 Å². The van der Waals surface area contributed by atoms with Crippen molar-refractivity contribution in [2.24, 2.45) is 23.7 Å². The molecule has 0 saturated carbocycles. The number of phosphoric ester groups is 2. The summed E-state index contributed by atoms with van der Waals surface area (Å²) in [6, 6.07) is 0. The van der Waals surface area contributed by atoms with Gasteiger partial charge in [-0.3, -0.25) is 37.3 Å². The monoisotopic (exact) mass is 1420 g/mol. The molecule has 5 atom stereocenters. The van der Waals surface area contributed by atoms with Gasteiger partial charge >= 0.3 is 39.5 Å². The predicted octanol–water partition coefficient (Wildman–Crippen LogP) is 22.8. The van der Waals surface area contributed by atoms with E-state index in [0.29, 0.717) is 37.5 Å². The first kappa shape index (κ1) is 95.1. The summed E-state index contributed by atoms with van der Waals surface area (Å²) < 4.78 is 68.5. The molecule has 576 valence electrons. The van der Waals surface area contributed by atoms with Crippen LogP contribution in [-0.4, -0.2) is 96.7 Å². The Morgan fingerprint density at radius 2 is 0.433 bits per heavy atom. The summed E-state index contributed by atoms with van der Waals surface area (Å²) in [7, 11) is -9.91. The molecular formula is C78H152O17P2. The molecule has 0 aromatic carbocycles. The van der Waals surface area contributed by atoms with E-state index in [4.69, 9.17) is 37.0 Å². The predicted molar refractivity (Wildman–Crippen MR) is 395 cm³/mol. The van der Waals surface area contributed by atoms with Gasteiger partial charge in [0.25, 0.3) is 0 Å². The molecule has 0 saturated heterocycles. The van der Waals surface area contributed by atoms with Gasteiger partial charge in [0.05, 0.1) is 26.4 Å². The van der Waals surface area contributed by atoms with Crippen LogP contribution in [0.4, 0.5) is 0 Å². The number of unbranched alkanes of at least 4 members (excludes halogenated alkanes) is 41. The highest BCUT2D eigenvalue weighted by Gasteiger charge is 2.30. The summed E-state index contributed by atoms with van der Waals surface area (Å²) in [4.78, 5) is 72.7. The lowest BCUT2D eigenvalue weighted by molar-refractivity contribution is -0.161. The second-order valence-electron chi connectivity index (χ2n) is 30.0. The van der Waals surface area contributed by atoms with E-state index in [1.54, 1.807) is 0 Å². The van der Waals surface area contributed by atoms with Gasteiger partial charge in [-0.1, -0.05) is 344 Å². The fourth-order valence-corrected chi connectivity index (χ4v) is 13.5. The van der Waals surface area contributed by atoms with E-state index in [1.165, 1.54) is 193 Å². The van der Waals surface area contributed by atoms with Gasteiger partial charge < -0.3 is 33.8 Å². The van der Waals surface area contributed by atoms with Gasteiger partial charge in [0, 0.05) is 25.7 Å². The molecule has 0 amide bonds. The van der Waals surface area contributed by atoms with E-state index in [9.17, 15) is 43.2 Å². The normalized spacial score (nSPS) is 14.1. The zero-order valence-electron chi connectivity index (χ0n) is 63.7. The van der Waals surface area contributed by atoms with Crippen LogP contribution in [0, 0.1) is 23.7 Å². The summed E-state index contributed by atoms with van der Waals surface area (Å²) in [5.74, 6) is 0.850. The Morgan fingerprint density at radius 3 is 0.639 bits per heavy atom. The number of hydrogen-bond donors (Lipinski definition) is 3. The van der Waals surface area contributed by atoms with Gasteiger partial charge in [-0.25, -0.2) is 9.13 Å². The van der Waals surface area contributed by atoms with Crippen molar-refractivity contribution in [3.63, 3.8) is 0 Å². The highest BCUT2D eigenvalue weighted by molar-refractivity contribution is 7.47. The van der Waals surface area contributed by atoms with E-state index in [2.05, 4.69) is 55.4 Å². The molecular weight excluding hydrogens is 1270 g/mol. The highest BCUT2D eigenvalue weighted by atomic mass is 31.2. The first-order valence-electron chi connectivity index (χ1n) is 40.2. The lowest BCUT2D eigenvalue weighted by Crippen LogP contribution is -2.30. The van der Waals surface area contributed by atoms with Crippen molar-refractivity contribution in [1.82, 2.24) is 0 Å². The number of esters is 4. The minimum Gasteiger partial charge on any atom is -0.462 e. The van der Waals surface area contributed by atoms with Crippen molar-refractivity contribution < 1.29 is 80.2 Å². The minimum absolute atomic E-state index is 0.101. The fourth-order valence-electron chi connectivity index (χ4n) is 11.9. The molecule has 0 aliphatic rings. The van der Waals surface area contributed by atoms with Crippen LogP contribution in [0.15, 0.2) is 0 Å². The quantitative estimate of drug-likeness (QED) is 0.0222. The smallest absolute Gasteiger partial charge is 0.462 e.